The van der Waals surface area contributed by atoms with Crippen molar-refractivity contribution in [2.24, 2.45) is 0 Å². The van der Waals surface area contributed by atoms with Gasteiger partial charge in [-0.1, -0.05) is 6.07 Å². The topological polar surface area (TPSA) is 33.2 Å². The number of pyridine rings is 1. The monoisotopic (exact) mass is 378 g/mol. The molecule has 0 aliphatic carbocycles. The molecule has 1 aromatic carbocycles. The molecule has 1 aromatic heterocycles. The first-order valence-electron chi connectivity index (χ1n) is 6.69. The minimum absolute atomic E-state index is 0.132. The maximum atomic E-state index is 12.4. The molecule has 2 heterocycles. The van der Waals surface area contributed by atoms with E-state index < -0.39 is 0 Å². The molecule has 1 fully saturated rings. The summed E-state index contributed by atoms with van der Waals surface area (Å²) >= 11 is 2.25. The van der Waals surface area contributed by atoms with Crippen LogP contribution in [0.4, 0.5) is 0 Å². The third kappa shape index (κ3) is 2.85. The van der Waals surface area contributed by atoms with Crippen LogP contribution in [-0.2, 0) is 0 Å². The zero-order chi connectivity index (χ0) is 13.9. The highest BCUT2D eigenvalue weighted by molar-refractivity contribution is 14.1. The molecule has 0 bridgehead atoms. The van der Waals surface area contributed by atoms with Crippen molar-refractivity contribution in [3.8, 4) is 0 Å². The van der Waals surface area contributed by atoms with Crippen LogP contribution in [-0.4, -0.2) is 28.9 Å². The van der Waals surface area contributed by atoms with E-state index in [1.165, 1.54) is 5.56 Å². The predicted molar refractivity (Wildman–Crippen MR) is 86.7 cm³/mol. The molecule has 1 unspecified atom stereocenters. The van der Waals surface area contributed by atoms with Crippen LogP contribution >= 0.6 is 22.6 Å². The molecule has 1 atom stereocenters. The first kappa shape index (κ1) is 13.5. The van der Waals surface area contributed by atoms with E-state index in [0.717, 1.165) is 28.6 Å². The smallest absolute Gasteiger partial charge is 0.253 e. The molecule has 3 rings (SSSR count). The first-order chi connectivity index (χ1) is 9.74. The van der Waals surface area contributed by atoms with Gasteiger partial charge in [-0.15, -0.1) is 0 Å². The Morgan fingerprint density at radius 1 is 1.25 bits per heavy atom. The summed E-state index contributed by atoms with van der Waals surface area (Å²) < 4.78 is 1.15. The summed E-state index contributed by atoms with van der Waals surface area (Å²) in [5.41, 5.74) is 2.00. The summed E-state index contributed by atoms with van der Waals surface area (Å²) in [6, 6.07) is 11.8. The number of hydrogen-bond donors (Lipinski definition) is 0. The minimum Gasteiger partial charge on any atom is -0.338 e. The Bertz CT molecular complexity index is 598. The van der Waals surface area contributed by atoms with Gasteiger partial charge in [-0.25, -0.2) is 0 Å². The maximum Gasteiger partial charge on any atom is 0.253 e. The number of hydrogen-bond acceptors (Lipinski definition) is 2. The molecule has 0 N–H and O–H groups in total. The Labute approximate surface area is 132 Å². The summed E-state index contributed by atoms with van der Waals surface area (Å²) in [4.78, 5) is 18.6. The van der Waals surface area contributed by atoms with Crippen molar-refractivity contribution in [1.29, 1.82) is 0 Å². The molecule has 20 heavy (non-hydrogen) atoms. The predicted octanol–water partition coefficient (Wildman–Crippen LogP) is 3.32. The van der Waals surface area contributed by atoms with E-state index in [4.69, 9.17) is 0 Å². The highest BCUT2D eigenvalue weighted by atomic mass is 127. The van der Waals surface area contributed by atoms with Crippen molar-refractivity contribution < 1.29 is 4.79 Å². The number of likely N-dealkylation sites (tertiary alicyclic amines) is 1. The Morgan fingerprint density at radius 3 is 2.75 bits per heavy atom. The molecule has 1 amide bonds. The third-order valence-electron chi connectivity index (χ3n) is 3.72. The molecule has 1 saturated heterocycles. The fourth-order valence-corrected chi connectivity index (χ4v) is 2.97. The van der Waals surface area contributed by atoms with Crippen molar-refractivity contribution in [2.45, 2.75) is 12.3 Å². The van der Waals surface area contributed by atoms with Gasteiger partial charge in [-0.3, -0.25) is 9.78 Å². The van der Waals surface area contributed by atoms with Gasteiger partial charge in [0.15, 0.2) is 0 Å². The molecule has 0 spiro atoms. The SMILES string of the molecule is O=C(c1ccc(I)cc1)N1CCC(c2cccnc2)C1. The van der Waals surface area contributed by atoms with E-state index in [0.29, 0.717) is 5.92 Å². The van der Waals surface area contributed by atoms with Gasteiger partial charge in [-0.05, 0) is 64.9 Å². The highest BCUT2D eigenvalue weighted by Crippen LogP contribution is 2.27. The van der Waals surface area contributed by atoms with E-state index in [1.54, 1.807) is 6.20 Å². The molecule has 1 aliphatic heterocycles. The Hall–Kier alpha value is -1.43. The van der Waals surface area contributed by atoms with Crippen molar-refractivity contribution in [1.82, 2.24) is 9.88 Å². The van der Waals surface area contributed by atoms with Gasteiger partial charge in [0, 0.05) is 40.5 Å². The van der Waals surface area contributed by atoms with Gasteiger partial charge >= 0.3 is 0 Å². The Kier molecular flexibility index (Phi) is 4.00. The molecule has 0 radical (unpaired) electrons. The van der Waals surface area contributed by atoms with Crippen LogP contribution in [0.5, 0.6) is 0 Å². The summed E-state index contributed by atoms with van der Waals surface area (Å²) in [6.07, 6.45) is 4.71. The van der Waals surface area contributed by atoms with E-state index in [9.17, 15) is 4.79 Å². The summed E-state index contributed by atoms with van der Waals surface area (Å²) in [7, 11) is 0. The maximum absolute atomic E-state index is 12.4. The second kappa shape index (κ2) is 5.91. The van der Waals surface area contributed by atoms with Crippen LogP contribution < -0.4 is 0 Å². The highest BCUT2D eigenvalue weighted by Gasteiger charge is 2.27. The minimum atomic E-state index is 0.132. The number of carbonyl (C=O) groups is 1. The zero-order valence-corrected chi connectivity index (χ0v) is 13.2. The molecular weight excluding hydrogens is 363 g/mol. The normalized spacial score (nSPS) is 18.2. The van der Waals surface area contributed by atoms with Gasteiger partial charge in [0.05, 0.1) is 0 Å². The summed E-state index contributed by atoms with van der Waals surface area (Å²) in [5, 5.41) is 0. The lowest BCUT2D eigenvalue weighted by Gasteiger charge is -2.16. The number of aromatic nitrogens is 1. The lowest BCUT2D eigenvalue weighted by Crippen LogP contribution is -2.28. The largest absolute Gasteiger partial charge is 0.338 e. The van der Waals surface area contributed by atoms with Gasteiger partial charge in [0.2, 0.25) is 0 Å². The molecule has 102 valence electrons. The number of benzene rings is 1. The second-order valence-corrected chi connectivity index (χ2v) is 6.28. The van der Waals surface area contributed by atoms with Crippen LogP contribution in [0, 0.1) is 3.57 Å². The van der Waals surface area contributed by atoms with Gasteiger partial charge < -0.3 is 4.90 Å². The second-order valence-electron chi connectivity index (χ2n) is 5.03. The van der Waals surface area contributed by atoms with E-state index >= 15 is 0 Å². The van der Waals surface area contributed by atoms with E-state index in [1.807, 2.05) is 41.4 Å². The number of halogens is 1. The van der Waals surface area contributed by atoms with Crippen molar-refractivity contribution >= 4 is 28.5 Å². The molecule has 3 nitrogen and oxygen atoms in total. The zero-order valence-electron chi connectivity index (χ0n) is 11.0. The van der Waals surface area contributed by atoms with Crippen LogP contribution in [0.1, 0.15) is 28.3 Å². The number of rotatable bonds is 2. The average molecular weight is 378 g/mol. The molecule has 0 saturated carbocycles. The molecular formula is C16H15IN2O. The Balaban J connectivity index is 1.71. The lowest BCUT2D eigenvalue weighted by atomic mass is 10.0. The van der Waals surface area contributed by atoms with Gasteiger partial charge in [-0.2, -0.15) is 0 Å². The molecule has 4 heteroatoms. The van der Waals surface area contributed by atoms with E-state index in [2.05, 4.69) is 33.6 Å². The quantitative estimate of drug-likeness (QED) is 0.752. The third-order valence-corrected chi connectivity index (χ3v) is 4.44. The van der Waals surface area contributed by atoms with Crippen molar-refractivity contribution in [3.05, 3.63) is 63.5 Å². The molecule has 1 aliphatic rings. The van der Waals surface area contributed by atoms with Crippen LogP contribution in [0.15, 0.2) is 48.8 Å². The fourth-order valence-electron chi connectivity index (χ4n) is 2.61. The van der Waals surface area contributed by atoms with Crippen molar-refractivity contribution in [3.63, 3.8) is 0 Å². The average Bonchev–Trinajstić information content (AvgIpc) is 2.98. The summed E-state index contributed by atoms with van der Waals surface area (Å²) in [6.45, 7) is 1.61. The van der Waals surface area contributed by atoms with E-state index in [-0.39, 0.29) is 5.91 Å². The fraction of sp³-hybridized carbons (Fsp3) is 0.250. The number of nitrogens with zero attached hydrogens (tertiary/aromatic N) is 2. The van der Waals surface area contributed by atoms with Crippen LogP contribution in [0.3, 0.4) is 0 Å². The van der Waals surface area contributed by atoms with Crippen molar-refractivity contribution in [2.75, 3.05) is 13.1 Å². The number of carbonyl (C=O) groups excluding carboxylic acids is 1. The van der Waals surface area contributed by atoms with Crippen LogP contribution in [0.2, 0.25) is 0 Å². The lowest BCUT2D eigenvalue weighted by molar-refractivity contribution is 0.0791. The molecule has 2 aromatic rings. The Morgan fingerprint density at radius 2 is 2.05 bits per heavy atom. The number of amides is 1. The standard InChI is InChI=1S/C16H15IN2O/c17-15-5-3-12(4-6-15)16(20)19-9-7-14(11-19)13-2-1-8-18-10-13/h1-6,8,10,14H,7,9,11H2. The van der Waals surface area contributed by atoms with Crippen LogP contribution in [0.25, 0.3) is 0 Å². The summed E-state index contributed by atoms with van der Waals surface area (Å²) in [5.74, 6) is 0.546. The van der Waals surface area contributed by atoms with Gasteiger partial charge in [0.1, 0.15) is 0 Å². The van der Waals surface area contributed by atoms with Gasteiger partial charge in [0.25, 0.3) is 5.91 Å². The first-order valence-corrected chi connectivity index (χ1v) is 7.76.